The Balaban J connectivity index is 2.19. The lowest BCUT2D eigenvalue weighted by Crippen LogP contribution is -2.12. The monoisotopic (exact) mass is 291 g/mol. The number of aromatic nitrogens is 1. The molecule has 0 saturated heterocycles. The van der Waals surface area contributed by atoms with E-state index in [1.165, 1.54) is 6.07 Å². The van der Waals surface area contributed by atoms with Crippen LogP contribution in [0.3, 0.4) is 0 Å². The molecule has 0 bridgehead atoms. The summed E-state index contributed by atoms with van der Waals surface area (Å²) in [5.74, 6) is 0. The molecular weight excluding hydrogens is 282 g/mol. The summed E-state index contributed by atoms with van der Waals surface area (Å²) in [4.78, 5) is 15.0. The van der Waals surface area contributed by atoms with Gasteiger partial charge < -0.3 is 5.32 Å². The summed E-state index contributed by atoms with van der Waals surface area (Å²) >= 11 is 9.27. The molecule has 2 rings (SSSR count). The highest BCUT2D eigenvalue weighted by atomic mass is 32.1. The van der Waals surface area contributed by atoms with Crippen molar-refractivity contribution >= 4 is 41.2 Å². The number of rotatable bonds is 3. The van der Waals surface area contributed by atoms with Crippen LogP contribution in [-0.2, 0) is 0 Å². The molecule has 0 saturated carbocycles. The summed E-state index contributed by atoms with van der Waals surface area (Å²) in [6.07, 6.45) is 1.64. The number of nitro groups is 1. The van der Waals surface area contributed by atoms with E-state index in [1.807, 2.05) is 6.07 Å². The van der Waals surface area contributed by atoms with E-state index in [0.29, 0.717) is 16.4 Å². The smallest absolute Gasteiger partial charge is 0.282 e. The lowest BCUT2D eigenvalue weighted by Gasteiger charge is -2.07. The lowest BCUT2D eigenvalue weighted by molar-refractivity contribution is -0.387. The highest BCUT2D eigenvalue weighted by Crippen LogP contribution is 2.25. The molecule has 1 aromatic heterocycles. The lowest BCUT2D eigenvalue weighted by atomic mass is 10.2. The van der Waals surface area contributed by atoms with Gasteiger partial charge in [0.1, 0.15) is 4.99 Å². The molecule has 0 atom stereocenters. The molecule has 0 unspecified atom stereocenters. The Hall–Kier alpha value is -1.99. The van der Waals surface area contributed by atoms with Gasteiger partial charge >= 0.3 is 0 Å². The van der Waals surface area contributed by atoms with Crippen LogP contribution in [0.1, 0.15) is 5.69 Å². The molecule has 0 radical (unpaired) electrons. The first-order chi connectivity index (χ1) is 9.08. The molecule has 0 aliphatic heterocycles. The number of thiocarbonyl (C=S) groups is 1. The SMILES string of the molecule is O=[N+]([O-])c1ccc(NC(=S)c2ccccn2)cc1S. The zero-order valence-corrected chi connectivity index (χ0v) is 11.3. The van der Waals surface area contributed by atoms with Gasteiger partial charge in [0.25, 0.3) is 5.69 Å². The molecule has 0 spiro atoms. The van der Waals surface area contributed by atoms with Crippen molar-refractivity contribution in [1.82, 2.24) is 4.98 Å². The summed E-state index contributed by atoms with van der Waals surface area (Å²) in [6, 6.07) is 9.91. The van der Waals surface area contributed by atoms with Gasteiger partial charge in [0.15, 0.2) is 0 Å². The van der Waals surface area contributed by atoms with E-state index in [9.17, 15) is 10.1 Å². The van der Waals surface area contributed by atoms with Gasteiger partial charge in [-0.1, -0.05) is 18.3 Å². The Labute approximate surface area is 120 Å². The van der Waals surface area contributed by atoms with Crippen LogP contribution in [0.15, 0.2) is 47.5 Å². The topological polar surface area (TPSA) is 68.1 Å². The number of nitro benzene ring substituents is 1. The van der Waals surface area contributed by atoms with Gasteiger partial charge in [-0.05, 0) is 24.3 Å². The number of thiol groups is 1. The van der Waals surface area contributed by atoms with Gasteiger partial charge in [0.05, 0.1) is 15.5 Å². The average Bonchev–Trinajstić information content (AvgIpc) is 2.39. The molecule has 0 fully saturated rings. The van der Waals surface area contributed by atoms with Crippen LogP contribution in [0.2, 0.25) is 0 Å². The number of benzene rings is 1. The summed E-state index contributed by atoms with van der Waals surface area (Å²) in [7, 11) is 0. The number of hydrogen-bond donors (Lipinski definition) is 2. The minimum Gasteiger partial charge on any atom is -0.345 e. The molecule has 5 nitrogen and oxygen atoms in total. The molecular formula is C12H9N3O2S2. The van der Waals surface area contributed by atoms with Crippen molar-refractivity contribution in [2.45, 2.75) is 4.90 Å². The highest BCUT2D eigenvalue weighted by Gasteiger charge is 2.11. The molecule has 2 aromatic rings. The van der Waals surface area contributed by atoms with E-state index >= 15 is 0 Å². The maximum atomic E-state index is 10.7. The Kier molecular flexibility index (Phi) is 4.08. The summed E-state index contributed by atoms with van der Waals surface area (Å²) in [5.41, 5.74) is 1.22. The minimum atomic E-state index is -0.483. The third-order valence-corrected chi connectivity index (χ3v) is 3.00. The first-order valence-electron chi connectivity index (χ1n) is 5.28. The molecule has 96 valence electrons. The van der Waals surface area contributed by atoms with E-state index in [1.54, 1.807) is 30.5 Å². The van der Waals surface area contributed by atoms with Gasteiger partial charge in [-0.25, -0.2) is 0 Å². The van der Waals surface area contributed by atoms with Crippen LogP contribution in [0, 0.1) is 10.1 Å². The first kappa shape index (κ1) is 13.4. The molecule has 0 aliphatic rings. The van der Waals surface area contributed by atoms with E-state index in [4.69, 9.17) is 12.2 Å². The first-order valence-corrected chi connectivity index (χ1v) is 6.13. The number of nitrogens with one attached hydrogen (secondary N) is 1. The van der Waals surface area contributed by atoms with Crippen molar-refractivity contribution in [3.8, 4) is 0 Å². The Bertz CT molecular complexity index is 632. The fraction of sp³-hybridized carbons (Fsp3) is 0. The van der Waals surface area contributed by atoms with E-state index in [0.717, 1.165) is 0 Å². The standard InChI is InChI=1S/C12H9N3O2S2/c16-15(17)10-5-4-8(7-11(10)18)14-12(19)9-3-1-2-6-13-9/h1-7,18H,(H,14,19). The van der Waals surface area contributed by atoms with Crippen molar-refractivity contribution in [3.05, 3.63) is 58.4 Å². The predicted molar refractivity (Wildman–Crippen MR) is 79.9 cm³/mol. The minimum absolute atomic E-state index is 0.0439. The van der Waals surface area contributed by atoms with Crippen LogP contribution in [0.5, 0.6) is 0 Å². The van der Waals surface area contributed by atoms with Crippen molar-refractivity contribution < 1.29 is 4.92 Å². The molecule has 1 aromatic carbocycles. The number of hydrogen-bond acceptors (Lipinski definition) is 5. The third-order valence-electron chi connectivity index (χ3n) is 2.33. The zero-order chi connectivity index (χ0) is 13.8. The largest absolute Gasteiger partial charge is 0.345 e. The molecule has 0 aliphatic carbocycles. The Morgan fingerprint density at radius 3 is 2.74 bits per heavy atom. The second kappa shape index (κ2) is 5.77. The zero-order valence-electron chi connectivity index (χ0n) is 9.61. The van der Waals surface area contributed by atoms with E-state index < -0.39 is 4.92 Å². The molecule has 1 N–H and O–H groups in total. The van der Waals surface area contributed by atoms with Crippen molar-refractivity contribution in [2.75, 3.05) is 5.32 Å². The maximum Gasteiger partial charge on any atom is 0.282 e. The van der Waals surface area contributed by atoms with Crippen LogP contribution in [0.25, 0.3) is 0 Å². The number of anilines is 1. The van der Waals surface area contributed by atoms with Gasteiger partial charge in [0, 0.05) is 18.0 Å². The molecule has 19 heavy (non-hydrogen) atoms. The fourth-order valence-corrected chi connectivity index (χ4v) is 1.98. The Morgan fingerprint density at radius 2 is 2.16 bits per heavy atom. The number of pyridine rings is 1. The van der Waals surface area contributed by atoms with Gasteiger partial charge in [-0.2, -0.15) is 0 Å². The third kappa shape index (κ3) is 3.27. The second-order valence-electron chi connectivity index (χ2n) is 3.63. The van der Waals surface area contributed by atoms with Gasteiger partial charge in [-0.15, -0.1) is 12.6 Å². The van der Waals surface area contributed by atoms with Crippen molar-refractivity contribution in [2.24, 2.45) is 0 Å². The quantitative estimate of drug-likeness (QED) is 0.394. The summed E-state index contributed by atoms with van der Waals surface area (Å²) < 4.78 is 0. The van der Waals surface area contributed by atoms with E-state index in [2.05, 4.69) is 22.9 Å². The molecule has 7 heteroatoms. The summed E-state index contributed by atoms with van der Waals surface area (Å²) in [5, 5.41) is 13.6. The average molecular weight is 291 g/mol. The van der Waals surface area contributed by atoms with Crippen molar-refractivity contribution in [3.63, 3.8) is 0 Å². The maximum absolute atomic E-state index is 10.7. The van der Waals surface area contributed by atoms with Gasteiger partial charge in [0.2, 0.25) is 0 Å². The van der Waals surface area contributed by atoms with E-state index in [-0.39, 0.29) is 10.6 Å². The van der Waals surface area contributed by atoms with Gasteiger partial charge in [-0.3, -0.25) is 15.1 Å². The fourth-order valence-electron chi connectivity index (χ4n) is 1.45. The van der Waals surface area contributed by atoms with Crippen LogP contribution in [0.4, 0.5) is 11.4 Å². The highest BCUT2D eigenvalue weighted by molar-refractivity contribution is 7.81. The van der Waals surface area contributed by atoms with Crippen LogP contribution < -0.4 is 5.32 Å². The van der Waals surface area contributed by atoms with Crippen LogP contribution >= 0.6 is 24.8 Å². The van der Waals surface area contributed by atoms with Crippen molar-refractivity contribution in [1.29, 1.82) is 0 Å². The summed E-state index contributed by atoms with van der Waals surface area (Å²) in [6.45, 7) is 0. The molecule has 0 amide bonds. The Morgan fingerprint density at radius 1 is 1.37 bits per heavy atom. The normalized spacial score (nSPS) is 9.95. The molecule has 1 heterocycles. The second-order valence-corrected chi connectivity index (χ2v) is 4.52. The number of nitrogens with zero attached hydrogens (tertiary/aromatic N) is 2. The van der Waals surface area contributed by atoms with Crippen LogP contribution in [-0.4, -0.2) is 14.9 Å². The predicted octanol–water partition coefficient (Wildman–Crippen LogP) is 3.07.